The van der Waals surface area contributed by atoms with Gasteiger partial charge in [0.1, 0.15) is 34.0 Å². The Kier molecular flexibility index (Phi) is 10.4. The number of nitrogens with zero attached hydrogens (tertiary/aromatic N) is 5. The standard InChI is InChI=1S/C41H47F2N5O7/c1-4-28-30(42)9-8-25-19-26(49)20-29(32(25)28)35-34(43)36-33(38(44-35)51-2)37(47-15-18-54-22-27(50)21-47)46-39(45-36)55-24-40-10-5-7-31(40)48(14-6-11-40)23-41(52-3)12-16-53-17-13-41/h1,8-9,19-20,27,31,49-50H,5-7,10-18,21-24H2,2-3H3. The van der Waals surface area contributed by atoms with E-state index in [1.807, 2.05) is 0 Å². The van der Waals surface area contributed by atoms with E-state index in [-0.39, 0.29) is 86.8 Å². The fourth-order valence-corrected chi connectivity index (χ4v) is 9.41. The number of methoxy groups -OCH3 is 2. The summed E-state index contributed by atoms with van der Waals surface area (Å²) >= 11 is 0. The molecule has 1 saturated carbocycles. The lowest BCUT2D eigenvalue weighted by Gasteiger charge is -2.49. The maximum absolute atomic E-state index is 17.3. The molecule has 3 unspecified atom stereocenters. The second-order valence-electron chi connectivity index (χ2n) is 15.3. The fourth-order valence-electron chi connectivity index (χ4n) is 9.41. The molecule has 0 radical (unpaired) electrons. The van der Waals surface area contributed by atoms with Gasteiger partial charge in [0.15, 0.2) is 5.82 Å². The van der Waals surface area contributed by atoms with Crippen LogP contribution in [0.25, 0.3) is 32.9 Å². The number of rotatable bonds is 9. The summed E-state index contributed by atoms with van der Waals surface area (Å²) in [5.74, 6) is 0.904. The first-order valence-corrected chi connectivity index (χ1v) is 19.1. The van der Waals surface area contributed by atoms with Crippen LogP contribution in [0.5, 0.6) is 17.6 Å². The number of phenols is 1. The number of piperidine rings is 1. The summed E-state index contributed by atoms with van der Waals surface area (Å²) in [7, 11) is 3.20. The Labute approximate surface area is 318 Å². The van der Waals surface area contributed by atoms with Crippen LogP contribution in [0.15, 0.2) is 24.3 Å². The Balaban J connectivity index is 1.23. The van der Waals surface area contributed by atoms with E-state index in [1.54, 1.807) is 12.0 Å². The number of phenolic OH excluding ortho intramolecular Hbond substituents is 1. The van der Waals surface area contributed by atoms with Crippen molar-refractivity contribution in [2.24, 2.45) is 5.41 Å². The number of aliphatic hydroxyl groups excluding tert-OH is 1. The SMILES string of the molecule is C#Cc1c(F)ccc2cc(O)cc(-c3nc(OC)c4c(N5CCOCC(O)C5)nc(OCC56CCCC5N(CC5(OC)CCOCC5)CCC6)nc4c3F)c12. The topological polar surface area (TPSA) is 132 Å². The average Bonchev–Trinajstić information content (AvgIpc) is 3.52. The monoisotopic (exact) mass is 759 g/mol. The number of pyridine rings is 1. The van der Waals surface area contributed by atoms with Gasteiger partial charge in [-0.1, -0.05) is 18.4 Å². The van der Waals surface area contributed by atoms with Crippen molar-refractivity contribution in [1.82, 2.24) is 19.9 Å². The molecule has 2 aromatic carbocycles. The average molecular weight is 760 g/mol. The number of β-amino-alcohol motifs (C(OH)–C–C–N with tert-alkyl or cyclic N) is 1. The Morgan fingerprint density at radius 3 is 2.60 bits per heavy atom. The number of aromatic hydroxyl groups is 1. The largest absolute Gasteiger partial charge is 0.508 e. The van der Waals surface area contributed by atoms with Crippen molar-refractivity contribution in [3.8, 4) is 41.2 Å². The molecule has 3 saturated heterocycles. The van der Waals surface area contributed by atoms with Gasteiger partial charge in [-0.2, -0.15) is 9.97 Å². The predicted molar refractivity (Wildman–Crippen MR) is 202 cm³/mol. The molecule has 1 aliphatic carbocycles. The minimum atomic E-state index is -0.864. The summed E-state index contributed by atoms with van der Waals surface area (Å²) in [5.41, 5.74) is -0.852. The lowest BCUT2D eigenvalue weighted by molar-refractivity contribution is -0.122. The van der Waals surface area contributed by atoms with Crippen LogP contribution in [0.2, 0.25) is 0 Å². The van der Waals surface area contributed by atoms with Gasteiger partial charge in [-0.25, -0.2) is 13.8 Å². The predicted octanol–water partition coefficient (Wildman–Crippen LogP) is 5.23. The van der Waals surface area contributed by atoms with Crippen LogP contribution in [0, 0.1) is 29.4 Å². The Bertz CT molecular complexity index is 2130. The number of terminal acetylenes is 1. The zero-order chi connectivity index (χ0) is 38.3. The number of aliphatic hydroxyl groups is 1. The molecule has 14 heteroatoms. The molecule has 0 bridgehead atoms. The molecule has 12 nitrogen and oxygen atoms in total. The highest BCUT2D eigenvalue weighted by Crippen LogP contribution is 2.49. The normalized spacial score (nSPS) is 24.4. The third-order valence-corrected chi connectivity index (χ3v) is 12.1. The van der Waals surface area contributed by atoms with Gasteiger partial charge in [0.25, 0.3) is 0 Å². The van der Waals surface area contributed by atoms with Crippen molar-refractivity contribution in [2.75, 3.05) is 78.3 Å². The highest BCUT2D eigenvalue weighted by Gasteiger charge is 2.50. The van der Waals surface area contributed by atoms with Crippen molar-refractivity contribution < 1.29 is 42.7 Å². The van der Waals surface area contributed by atoms with Gasteiger partial charge in [-0.3, -0.25) is 4.90 Å². The van der Waals surface area contributed by atoms with Crippen molar-refractivity contribution in [3.05, 3.63) is 41.5 Å². The Morgan fingerprint density at radius 1 is 1.00 bits per heavy atom. The van der Waals surface area contributed by atoms with E-state index < -0.39 is 17.7 Å². The van der Waals surface area contributed by atoms with Crippen molar-refractivity contribution in [2.45, 2.75) is 62.7 Å². The van der Waals surface area contributed by atoms with E-state index >= 15 is 8.78 Å². The molecule has 2 N–H and O–H groups in total. The number of benzene rings is 2. The number of likely N-dealkylation sites (tertiary alicyclic amines) is 1. The third kappa shape index (κ3) is 6.91. The Morgan fingerprint density at radius 2 is 1.82 bits per heavy atom. The van der Waals surface area contributed by atoms with E-state index in [1.165, 1.54) is 31.4 Å². The van der Waals surface area contributed by atoms with Crippen LogP contribution < -0.4 is 14.4 Å². The molecular formula is C41H47F2N5O7. The third-order valence-electron chi connectivity index (χ3n) is 12.1. The number of aromatic nitrogens is 3. The number of halogens is 2. The zero-order valence-corrected chi connectivity index (χ0v) is 31.3. The summed E-state index contributed by atoms with van der Waals surface area (Å²) in [4.78, 5) is 18.5. The molecule has 4 fully saturated rings. The van der Waals surface area contributed by atoms with Crippen molar-refractivity contribution in [3.63, 3.8) is 0 Å². The molecule has 3 atom stereocenters. The maximum atomic E-state index is 17.3. The van der Waals surface area contributed by atoms with E-state index in [9.17, 15) is 10.2 Å². The molecule has 3 aliphatic heterocycles. The van der Waals surface area contributed by atoms with Gasteiger partial charge in [-0.15, -0.1) is 6.42 Å². The van der Waals surface area contributed by atoms with Gasteiger partial charge in [0.05, 0.1) is 44.2 Å². The van der Waals surface area contributed by atoms with Crippen LogP contribution >= 0.6 is 0 Å². The van der Waals surface area contributed by atoms with E-state index in [0.29, 0.717) is 38.4 Å². The summed E-state index contributed by atoms with van der Waals surface area (Å²) < 4.78 is 62.2. The summed E-state index contributed by atoms with van der Waals surface area (Å²) in [5, 5.41) is 22.2. The second-order valence-corrected chi connectivity index (χ2v) is 15.3. The highest BCUT2D eigenvalue weighted by atomic mass is 19.1. The quantitative estimate of drug-likeness (QED) is 0.217. The van der Waals surface area contributed by atoms with Gasteiger partial charge in [0, 0.05) is 75.2 Å². The number of fused-ring (bicyclic) bond motifs is 3. The summed E-state index contributed by atoms with van der Waals surface area (Å²) in [6.07, 6.45) is 11.7. The smallest absolute Gasteiger partial charge is 0.319 e. The first kappa shape index (κ1) is 37.5. The minimum Gasteiger partial charge on any atom is -0.508 e. The molecule has 4 aliphatic rings. The molecule has 292 valence electrons. The van der Waals surface area contributed by atoms with Crippen LogP contribution in [-0.4, -0.2) is 121 Å². The van der Waals surface area contributed by atoms with Crippen molar-refractivity contribution >= 4 is 27.5 Å². The molecule has 0 spiro atoms. The van der Waals surface area contributed by atoms with Crippen LogP contribution in [0.4, 0.5) is 14.6 Å². The van der Waals surface area contributed by atoms with Crippen molar-refractivity contribution in [1.29, 1.82) is 0 Å². The number of ether oxygens (including phenoxy) is 5. The molecule has 5 heterocycles. The van der Waals surface area contributed by atoms with Gasteiger partial charge < -0.3 is 38.8 Å². The molecule has 8 rings (SSSR count). The molecule has 55 heavy (non-hydrogen) atoms. The van der Waals surface area contributed by atoms with Gasteiger partial charge in [0.2, 0.25) is 5.88 Å². The Hall–Kier alpha value is -4.39. The first-order chi connectivity index (χ1) is 26.7. The highest BCUT2D eigenvalue weighted by molar-refractivity contribution is 6.04. The van der Waals surface area contributed by atoms with Gasteiger partial charge >= 0.3 is 6.01 Å². The molecule has 2 aromatic heterocycles. The van der Waals surface area contributed by atoms with E-state index in [0.717, 1.165) is 58.0 Å². The van der Waals surface area contributed by atoms with Gasteiger partial charge in [-0.05, 0) is 55.8 Å². The lowest BCUT2D eigenvalue weighted by atomic mass is 9.75. The number of hydrogen-bond acceptors (Lipinski definition) is 12. The minimum absolute atomic E-state index is 0.0136. The molecule has 0 amide bonds. The maximum Gasteiger partial charge on any atom is 0.319 e. The van der Waals surface area contributed by atoms with Crippen LogP contribution in [-0.2, 0) is 14.2 Å². The molecule has 4 aromatic rings. The number of anilines is 1. The number of hydrogen-bond donors (Lipinski definition) is 2. The second kappa shape index (κ2) is 15.3. The molecular weight excluding hydrogens is 712 g/mol. The first-order valence-electron chi connectivity index (χ1n) is 19.1. The zero-order valence-electron chi connectivity index (χ0n) is 31.3. The van der Waals surface area contributed by atoms with Crippen LogP contribution in [0.3, 0.4) is 0 Å². The summed E-state index contributed by atoms with van der Waals surface area (Å²) in [6, 6.07) is 5.62. The lowest BCUT2D eigenvalue weighted by Crippen LogP contribution is -2.57. The van der Waals surface area contributed by atoms with E-state index in [4.69, 9.17) is 35.1 Å². The van der Waals surface area contributed by atoms with E-state index in [2.05, 4.69) is 20.8 Å². The summed E-state index contributed by atoms with van der Waals surface area (Å²) in [6.45, 7) is 4.41. The fraction of sp³-hybridized carbons (Fsp3) is 0.537. The van der Waals surface area contributed by atoms with Crippen LogP contribution in [0.1, 0.15) is 50.5 Å².